The quantitative estimate of drug-likeness (QED) is 0.799. The van der Waals surface area contributed by atoms with Crippen LogP contribution in [0.25, 0.3) is 0 Å². The summed E-state index contributed by atoms with van der Waals surface area (Å²) in [5.74, 6) is 5.29. The van der Waals surface area contributed by atoms with Gasteiger partial charge in [-0.25, -0.2) is 0 Å². The van der Waals surface area contributed by atoms with Gasteiger partial charge in [-0.05, 0) is 30.3 Å². The molecule has 2 aromatic rings. The molecule has 5 nitrogen and oxygen atoms in total. The lowest BCUT2D eigenvalue weighted by Gasteiger charge is -2.10. The van der Waals surface area contributed by atoms with Crippen molar-refractivity contribution in [3.63, 3.8) is 0 Å². The molecule has 28 heavy (non-hydrogen) atoms. The molecular formula is C20H15F3N2O3. The molecule has 0 saturated carbocycles. The van der Waals surface area contributed by atoms with Crippen molar-refractivity contribution in [3.05, 3.63) is 59.2 Å². The van der Waals surface area contributed by atoms with Crippen LogP contribution in [0, 0.1) is 23.2 Å². The number of carbonyl (C=O) groups is 1. The maximum atomic E-state index is 12.6. The van der Waals surface area contributed by atoms with E-state index in [0.29, 0.717) is 17.1 Å². The van der Waals surface area contributed by atoms with Crippen LogP contribution in [0.5, 0.6) is 11.5 Å². The van der Waals surface area contributed by atoms with E-state index >= 15 is 0 Å². The van der Waals surface area contributed by atoms with Crippen molar-refractivity contribution < 1.29 is 27.4 Å². The minimum absolute atomic E-state index is 0.0526. The highest BCUT2D eigenvalue weighted by Gasteiger charge is 2.30. The van der Waals surface area contributed by atoms with Gasteiger partial charge in [0, 0.05) is 11.6 Å². The normalized spacial score (nSPS) is 10.2. The van der Waals surface area contributed by atoms with Crippen molar-refractivity contribution in [2.45, 2.75) is 6.18 Å². The Morgan fingerprint density at radius 2 is 1.93 bits per heavy atom. The molecule has 0 aliphatic heterocycles. The molecule has 2 rings (SSSR count). The molecule has 1 N–H and O–H groups in total. The predicted molar refractivity (Wildman–Crippen MR) is 94.5 cm³/mol. The van der Waals surface area contributed by atoms with Gasteiger partial charge in [0.05, 0.1) is 30.9 Å². The monoisotopic (exact) mass is 388 g/mol. The first kappa shape index (κ1) is 20.7. The molecule has 0 aliphatic rings. The number of nitriles is 1. The summed E-state index contributed by atoms with van der Waals surface area (Å²) in [6, 6.07) is 11.1. The number of halogens is 3. The fourth-order valence-corrected chi connectivity index (χ4v) is 2.11. The lowest BCUT2D eigenvalue weighted by atomic mass is 10.1. The van der Waals surface area contributed by atoms with Crippen molar-refractivity contribution in [2.24, 2.45) is 0 Å². The molecule has 0 aliphatic carbocycles. The molecule has 1 amide bonds. The van der Waals surface area contributed by atoms with Crippen LogP contribution in [-0.2, 0) is 11.0 Å². The third-order valence-electron chi connectivity index (χ3n) is 3.45. The van der Waals surface area contributed by atoms with Crippen LogP contribution in [0.1, 0.15) is 16.7 Å². The Morgan fingerprint density at radius 3 is 2.61 bits per heavy atom. The van der Waals surface area contributed by atoms with E-state index in [-0.39, 0.29) is 18.7 Å². The van der Waals surface area contributed by atoms with Gasteiger partial charge in [-0.3, -0.25) is 4.79 Å². The molecule has 0 spiro atoms. The minimum atomic E-state index is -4.43. The van der Waals surface area contributed by atoms with Crippen LogP contribution in [0.3, 0.4) is 0 Å². The largest absolute Gasteiger partial charge is 0.493 e. The summed E-state index contributed by atoms with van der Waals surface area (Å²) >= 11 is 0. The molecule has 0 fully saturated rings. The number of alkyl halides is 3. The van der Waals surface area contributed by atoms with Gasteiger partial charge >= 0.3 is 6.18 Å². The molecule has 0 heterocycles. The molecule has 0 saturated heterocycles. The Bertz CT molecular complexity index is 954. The lowest BCUT2D eigenvalue weighted by molar-refractivity contribution is -0.137. The first-order valence-electron chi connectivity index (χ1n) is 7.97. The Kier molecular flexibility index (Phi) is 6.89. The van der Waals surface area contributed by atoms with Gasteiger partial charge in [-0.1, -0.05) is 17.9 Å². The highest BCUT2D eigenvalue weighted by Crippen LogP contribution is 2.29. The predicted octanol–water partition coefficient (Wildman–Crippen LogP) is 3.13. The maximum Gasteiger partial charge on any atom is 0.416 e. The van der Waals surface area contributed by atoms with Crippen LogP contribution in [-0.4, -0.2) is 26.2 Å². The average molecular weight is 388 g/mol. The van der Waals surface area contributed by atoms with E-state index < -0.39 is 17.6 Å². The summed E-state index contributed by atoms with van der Waals surface area (Å²) in [6.45, 7) is -0.365. The number of hydrogen-bond donors (Lipinski definition) is 1. The van der Waals surface area contributed by atoms with Crippen molar-refractivity contribution in [1.82, 2.24) is 5.32 Å². The van der Waals surface area contributed by atoms with Crippen LogP contribution < -0.4 is 14.8 Å². The van der Waals surface area contributed by atoms with E-state index in [0.717, 1.165) is 12.1 Å². The number of nitrogens with zero attached hydrogens (tertiary/aromatic N) is 1. The molecule has 0 aromatic heterocycles. The number of carbonyl (C=O) groups excluding carboxylic acids is 1. The Labute approximate surface area is 159 Å². The highest BCUT2D eigenvalue weighted by molar-refractivity contribution is 5.77. The van der Waals surface area contributed by atoms with Crippen LogP contribution in [0.2, 0.25) is 0 Å². The molecule has 0 radical (unpaired) electrons. The smallest absolute Gasteiger partial charge is 0.416 e. The van der Waals surface area contributed by atoms with Crippen molar-refractivity contribution >= 4 is 5.91 Å². The van der Waals surface area contributed by atoms with Gasteiger partial charge in [0.25, 0.3) is 5.91 Å². The topological polar surface area (TPSA) is 71.3 Å². The number of amides is 1. The molecular weight excluding hydrogens is 373 g/mol. The second-order valence-electron chi connectivity index (χ2n) is 5.42. The average Bonchev–Trinajstić information content (AvgIpc) is 2.69. The van der Waals surface area contributed by atoms with Gasteiger partial charge in [0.2, 0.25) is 0 Å². The Morgan fingerprint density at radius 1 is 1.14 bits per heavy atom. The van der Waals surface area contributed by atoms with E-state index in [1.165, 1.54) is 37.4 Å². The summed E-state index contributed by atoms with van der Waals surface area (Å²) in [4.78, 5) is 11.8. The van der Waals surface area contributed by atoms with Crippen molar-refractivity contribution in [2.75, 3.05) is 20.3 Å². The summed E-state index contributed by atoms with van der Waals surface area (Å²) in [6.07, 6.45) is -4.43. The zero-order chi connectivity index (χ0) is 20.6. The van der Waals surface area contributed by atoms with Gasteiger partial charge in [0.1, 0.15) is 0 Å². The number of rotatable bonds is 5. The second-order valence-corrected chi connectivity index (χ2v) is 5.42. The van der Waals surface area contributed by atoms with Crippen LogP contribution in [0.4, 0.5) is 13.2 Å². The molecule has 0 bridgehead atoms. The highest BCUT2D eigenvalue weighted by atomic mass is 19.4. The molecule has 0 atom stereocenters. The number of benzene rings is 2. The second kappa shape index (κ2) is 9.33. The zero-order valence-electron chi connectivity index (χ0n) is 14.8. The van der Waals surface area contributed by atoms with Gasteiger partial charge < -0.3 is 14.8 Å². The van der Waals surface area contributed by atoms with E-state index in [1.54, 1.807) is 0 Å². The first-order valence-corrected chi connectivity index (χ1v) is 7.97. The third-order valence-corrected chi connectivity index (χ3v) is 3.45. The number of methoxy groups -OCH3 is 1. The van der Waals surface area contributed by atoms with Crippen molar-refractivity contribution in [1.29, 1.82) is 5.26 Å². The number of nitrogens with one attached hydrogen (secondary N) is 1. The van der Waals surface area contributed by atoms with Gasteiger partial charge in [-0.2, -0.15) is 18.4 Å². The molecule has 8 heteroatoms. The van der Waals surface area contributed by atoms with E-state index in [2.05, 4.69) is 17.2 Å². The fourth-order valence-electron chi connectivity index (χ4n) is 2.11. The fraction of sp³-hybridized carbons (Fsp3) is 0.200. The van der Waals surface area contributed by atoms with E-state index in [4.69, 9.17) is 14.7 Å². The standard InChI is InChI=1S/C20H15F3N2O3/c1-27-18-11-15(12-24)7-8-17(18)28-13-19(26)25-9-3-5-14-4-2-6-16(10-14)20(21,22)23/h2,4,6-8,10-11H,9,13H2,1H3,(H,25,26). The van der Waals surface area contributed by atoms with Crippen LogP contribution >= 0.6 is 0 Å². The van der Waals surface area contributed by atoms with E-state index in [9.17, 15) is 18.0 Å². The summed E-state index contributed by atoms with van der Waals surface area (Å²) in [5, 5.41) is 11.3. The number of ether oxygens (including phenoxy) is 2. The van der Waals surface area contributed by atoms with Crippen molar-refractivity contribution in [3.8, 4) is 29.4 Å². The zero-order valence-corrected chi connectivity index (χ0v) is 14.8. The maximum absolute atomic E-state index is 12.6. The Balaban J connectivity index is 1.86. The summed E-state index contributed by atoms with van der Waals surface area (Å²) < 4.78 is 48.3. The first-order chi connectivity index (χ1) is 13.3. The Hall–Kier alpha value is -3.65. The molecule has 144 valence electrons. The molecule has 2 aromatic carbocycles. The summed E-state index contributed by atoms with van der Waals surface area (Å²) in [5.41, 5.74) is -0.200. The summed E-state index contributed by atoms with van der Waals surface area (Å²) in [7, 11) is 1.41. The van der Waals surface area contributed by atoms with Gasteiger partial charge in [0.15, 0.2) is 18.1 Å². The third kappa shape index (κ3) is 5.96. The lowest BCUT2D eigenvalue weighted by Crippen LogP contribution is -2.29. The van der Waals surface area contributed by atoms with E-state index in [1.807, 2.05) is 6.07 Å². The molecule has 0 unspecified atom stereocenters. The SMILES string of the molecule is COc1cc(C#N)ccc1OCC(=O)NCC#Cc1cccc(C(F)(F)F)c1. The van der Waals surface area contributed by atoms with Crippen LogP contribution in [0.15, 0.2) is 42.5 Å². The number of hydrogen-bond acceptors (Lipinski definition) is 4. The minimum Gasteiger partial charge on any atom is -0.493 e. The van der Waals surface area contributed by atoms with Gasteiger partial charge in [-0.15, -0.1) is 0 Å².